The molecule has 2 aromatic rings. The Morgan fingerprint density at radius 1 is 1.00 bits per heavy atom. The molecule has 2 aromatic carbocycles. The van der Waals surface area contributed by atoms with Gasteiger partial charge in [0, 0.05) is 30.4 Å². The van der Waals surface area contributed by atoms with E-state index < -0.39 is 10.0 Å². The third-order valence-electron chi connectivity index (χ3n) is 5.36. The Bertz CT molecular complexity index is 984. The maximum absolute atomic E-state index is 13.3. The Morgan fingerprint density at radius 3 is 2.43 bits per heavy atom. The second kappa shape index (κ2) is 7.44. The number of ether oxygens (including phenoxy) is 1. The van der Waals surface area contributed by atoms with Gasteiger partial charge in [0.05, 0.1) is 11.4 Å². The zero-order valence-electron chi connectivity index (χ0n) is 15.5. The van der Waals surface area contributed by atoms with Gasteiger partial charge in [0.15, 0.2) is 0 Å². The van der Waals surface area contributed by atoms with Crippen molar-refractivity contribution in [2.75, 3.05) is 32.0 Å². The van der Waals surface area contributed by atoms with Gasteiger partial charge < -0.3 is 15.4 Å². The predicted octanol–water partition coefficient (Wildman–Crippen LogP) is 2.54. The summed E-state index contributed by atoms with van der Waals surface area (Å²) in [7, 11) is -3.66. The number of carbonyl (C=O) groups is 1. The summed E-state index contributed by atoms with van der Waals surface area (Å²) >= 11 is 0. The molecule has 0 unspecified atom stereocenters. The number of anilines is 1. The normalized spacial score (nSPS) is 19.0. The van der Waals surface area contributed by atoms with Gasteiger partial charge in [-0.1, -0.05) is 30.3 Å². The summed E-state index contributed by atoms with van der Waals surface area (Å²) in [6.07, 6.45) is 0.914. The van der Waals surface area contributed by atoms with Crippen molar-refractivity contribution in [2.45, 2.75) is 23.8 Å². The van der Waals surface area contributed by atoms with Gasteiger partial charge in [0.2, 0.25) is 10.0 Å². The van der Waals surface area contributed by atoms with Crippen molar-refractivity contribution >= 4 is 21.8 Å². The minimum Gasteiger partial charge on any atom is -0.448 e. The molecule has 0 bridgehead atoms. The van der Waals surface area contributed by atoms with E-state index in [1.54, 1.807) is 35.2 Å². The quantitative estimate of drug-likeness (QED) is 0.795. The summed E-state index contributed by atoms with van der Waals surface area (Å²) in [4.78, 5) is 13.8. The average molecular weight is 401 g/mol. The number of nitrogen functional groups attached to an aromatic ring is 1. The first-order valence-electron chi connectivity index (χ1n) is 9.35. The fourth-order valence-electron chi connectivity index (χ4n) is 3.91. The summed E-state index contributed by atoms with van der Waals surface area (Å²) in [5.41, 5.74) is 7.88. The van der Waals surface area contributed by atoms with Crippen LogP contribution in [0, 0.1) is 0 Å². The number of carbonyl (C=O) groups excluding carboxylic acids is 1. The van der Waals surface area contributed by atoms with E-state index in [2.05, 4.69) is 0 Å². The largest absolute Gasteiger partial charge is 0.448 e. The minimum absolute atomic E-state index is 0.0330. The molecule has 0 saturated carbocycles. The van der Waals surface area contributed by atoms with Crippen molar-refractivity contribution in [1.82, 2.24) is 9.21 Å². The van der Waals surface area contributed by atoms with Gasteiger partial charge in [-0.2, -0.15) is 4.31 Å². The van der Waals surface area contributed by atoms with E-state index >= 15 is 0 Å². The SMILES string of the molecule is Nc1cccc(-c2ccccc2S(=O)(=O)N2CCC(N3CCOC3=O)CC2)c1. The fraction of sp³-hybridized carbons (Fsp3) is 0.350. The number of nitrogens with zero attached hydrogens (tertiary/aromatic N) is 2. The second-order valence-electron chi connectivity index (χ2n) is 7.06. The number of sulfonamides is 1. The molecule has 0 aliphatic carbocycles. The lowest BCUT2D eigenvalue weighted by Crippen LogP contribution is -2.47. The molecule has 0 spiro atoms. The fourth-order valence-corrected chi connectivity index (χ4v) is 5.59. The molecule has 2 saturated heterocycles. The number of piperidine rings is 1. The van der Waals surface area contributed by atoms with E-state index in [0.717, 1.165) is 5.56 Å². The van der Waals surface area contributed by atoms with Gasteiger partial charge in [-0.05, 0) is 36.6 Å². The van der Waals surface area contributed by atoms with Gasteiger partial charge in [-0.3, -0.25) is 0 Å². The van der Waals surface area contributed by atoms with Crippen molar-refractivity contribution < 1.29 is 17.9 Å². The van der Waals surface area contributed by atoms with Crippen molar-refractivity contribution in [3.63, 3.8) is 0 Å². The summed E-state index contributed by atoms with van der Waals surface area (Å²) < 4.78 is 33.2. The topological polar surface area (TPSA) is 92.9 Å². The predicted molar refractivity (Wildman–Crippen MR) is 106 cm³/mol. The van der Waals surface area contributed by atoms with Crippen LogP contribution in [0.5, 0.6) is 0 Å². The van der Waals surface area contributed by atoms with Crippen LogP contribution in [0.25, 0.3) is 11.1 Å². The molecule has 7 nitrogen and oxygen atoms in total. The lowest BCUT2D eigenvalue weighted by atomic mass is 10.1. The molecule has 2 fully saturated rings. The van der Waals surface area contributed by atoms with E-state index in [-0.39, 0.29) is 17.0 Å². The highest BCUT2D eigenvalue weighted by molar-refractivity contribution is 7.89. The molecule has 148 valence electrons. The molecule has 8 heteroatoms. The van der Waals surface area contributed by atoms with Crippen LogP contribution in [0.1, 0.15) is 12.8 Å². The Labute approximate surface area is 164 Å². The Balaban J connectivity index is 1.57. The third kappa shape index (κ3) is 3.45. The average Bonchev–Trinajstić information content (AvgIpc) is 3.14. The first kappa shape index (κ1) is 18.8. The second-order valence-corrected chi connectivity index (χ2v) is 8.97. The Hall–Kier alpha value is -2.58. The molecule has 0 aromatic heterocycles. The highest BCUT2D eigenvalue weighted by Gasteiger charge is 2.36. The maximum atomic E-state index is 13.3. The molecule has 2 N–H and O–H groups in total. The molecule has 2 aliphatic rings. The lowest BCUT2D eigenvalue weighted by molar-refractivity contribution is 0.134. The highest BCUT2D eigenvalue weighted by Crippen LogP contribution is 2.32. The number of hydrogen-bond acceptors (Lipinski definition) is 5. The molecule has 4 rings (SSSR count). The molecule has 2 aliphatic heterocycles. The zero-order valence-corrected chi connectivity index (χ0v) is 16.3. The first-order chi connectivity index (χ1) is 13.5. The van der Waals surface area contributed by atoms with Crippen LogP contribution in [0.2, 0.25) is 0 Å². The molecule has 1 amide bonds. The van der Waals surface area contributed by atoms with Gasteiger partial charge in [-0.15, -0.1) is 0 Å². The monoisotopic (exact) mass is 401 g/mol. The number of hydrogen-bond donors (Lipinski definition) is 1. The number of benzene rings is 2. The number of cyclic esters (lactones) is 1. The standard InChI is InChI=1S/C20H23N3O4S/c21-16-5-3-4-15(14-16)18-6-1-2-7-19(18)28(25,26)22-10-8-17(9-11-22)23-12-13-27-20(23)24/h1-7,14,17H,8-13,21H2. The van der Waals surface area contributed by atoms with E-state index in [1.165, 1.54) is 4.31 Å². The van der Waals surface area contributed by atoms with E-state index in [4.69, 9.17) is 10.5 Å². The van der Waals surface area contributed by atoms with E-state index in [1.807, 2.05) is 18.2 Å². The summed E-state index contributed by atoms with van der Waals surface area (Å²) in [6, 6.07) is 14.2. The van der Waals surface area contributed by atoms with Crippen LogP contribution < -0.4 is 5.73 Å². The van der Waals surface area contributed by atoms with Gasteiger partial charge >= 0.3 is 6.09 Å². The van der Waals surface area contributed by atoms with Gasteiger partial charge in [0.25, 0.3) is 0 Å². The van der Waals surface area contributed by atoms with Crippen molar-refractivity contribution in [2.24, 2.45) is 0 Å². The van der Waals surface area contributed by atoms with Crippen LogP contribution in [0.4, 0.5) is 10.5 Å². The van der Waals surface area contributed by atoms with E-state index in [9.17, 15) is 13.2 Å². The van der Waals surface area contributed by atoms with Crippen LogP contribution in [-0.4, -0.2) is 56.0 Å². The Morgan fingerprint density at radius 2 is 1.75 bits per heavy atom. The number of amides is 1. The van der Waals surface area contributed by atoms with Crippen molar-refractivity contribution in [3.05, 3.63) is 48.5 Å². The Kier molecular flexibility index (Phi) is 4.99. The summed E-state index contributed by atoms with van der Waals surface area (Å²) in [5.74, 6) is 0. The maximum Gasteiger partial charge on any atom is 0.410 e. The molecular formula is C20H23N3O4S. The molecule has 28 heavy (non-hydrogen) atoms. The minimum atomic E-state index is -3.66. The van der Waals surface area contributed by atoms with Crippen LogP contribution >= 0.6 is 0 Å². The number of nitrogens with two attached hydrogens (primary N) is 1. The van der Waals surface area contributed by atoms with Crippen molar-refractivity contribution in [1.29, 1.82) is 0 Å². The molecule has 2 heterocycles. The van der Waals surface area contributed by atoms with Gasteiger partial charge in [-0.25, -0.2) is 13.2 Å². The van der Waals surface area contributed by atoms with Gasteiger partial charge in [0.1, 0.15) is 6.61 Å². The number of rotatable bonds is 4. The summed E-state index contributed by atoms with van der Waals surface area (Å²) in [6.45, 7) is 1.74. The van der Waals surface area contributed by atoms with Crippen LogP contribution in [0.3, 0.4) is 0 Å². The van der Waals surface area contributed by atoms with E-state index in [0.29, 0.717) is 50.3 Å². The molecular weight excluding hydrogens is 378 g/mol. The summed E-state index contributed by atoms with van der Waals surface area (Å²) in [5, 5.41) is 0. The molecule has 0 atom stereocenters. The lowest BCUT2D eigenvalue weighted by Gasteiger charge is -2.35. The highest BCUT2D eigenvalue weighted by atomic mass is 32.2. The van der Waals surface area contributed by atoms with Crippen molar-refractivity contribution in [3.8, 4) is 11.1 Å². The zero-order chi connectivity index (χ0) is 19.7. The third-order valence-corrected chi connectivity index (χ3v) is 7.32. The first-order valence-corrected chi connectivity index (χ1v) is 10.8. The molecule has 0 radical (unpaired) electrons. The van der Waals surface area contributed by atoms with Crippen LogP contribution in [0.15, 0.2) is 53.4 Å². The van der Waals surface area contributed by atoms with Crippen LogP contribution in [-0.2, 0) is 14.8 Å². The smallest absolute Gasteiger partial charge is 0.410 e.